The Labute approximate surface area is 216 Å². The van der Waals surface area contributed by atoms with Crippen molar-refractivity contribution in [1.82, 2.24) is 5.23 Å². The van der Waals surface area contributed by atoms with E-state index in [4.69, 9.17) is 22.4 Å². The molecular weight excluding hydrogens is 509 g/mol. The zero-order chi connectivity index (χ0) is 25.8. The largest absolute Gasteiger partial charge is 0.449 e. The molecule has 34 heavy (non-hydrogen) atoms. The molecule has 0 aromatic carbocycles. The van der Waals surface area contributed by atoms with Crippen LogP contribution in [0.3, 0.4) is 0 Å². The average Bonchev–Trinajstić information content (AvgIpc) is 3.06. The fraction of sp³-hybridized carbons (Fsp3) is 0.905. The Balaban J connectivity index is 2.53. The molecule has 2 saturated heterocycles. The molecule has 4 atom stereocenters. The molecule has 2 rings (SSSR count). The quantitative estimate of drug-likeness (QED) is 0.338. The lowest BCUT2D eigenvalue weighted by molar-refractivity contribution is -0.0323. The maximum absolute atomic E-state index is 12.3. The van der Waals surface area contributed by atoms with Crippen molar-refractivity contribution in [3.63, 3.8) is 0 Å². The van der Waals surface area contributed by atoms with Gasteiger partial charge in [0.15, 0.2) is 6.10 Å². The highest BCUT2D eigenvalue weighted by molar-refractivity contribution is 8.13. The molecule has 1 N–H and O–H groups in total. The van der Waals surface area contributed by atoms with E-state index in [1.165, 1.54) is 0 Å². The lowest BCUT2D eigenvalue weighted by Crippen LogP contribution is -2.66. The van der Waals surface area contributed by atoms with Gasteiger partial charge in [-0.1, -0.05) is 67.2 Å². The molecule has 0 saturated carbocycles. The van der Waals surface area contributed by atoms with Gasteiger partial charge in [0, 0.05) is 0 Å². The third-order valence-corrected chi connectivity index (χ3v) is 17.8. The highest BCUT2D eigenvalue weighted by Gasteiger charge is 2.62. The second kappa shape index (κ2) is 12.5. The van der Waals surface area contributed by atoms with Gasteiger partial charge < -0.3 is 27.7 Å². The molecule has 8 nitrogen and oxygen atoms in total. The van der Waals surface area contributed by atoms with Crippen LogP contribution in [-0.2, 0) is 22.4 Å². The number of nitrogens with one attached hydrogen (secondary N) is 1. The second-order valence-electron chi connectivity index (χ2n) is 10.0. The fourth-order valence-electron chi connectivity index (χ4n) is 4.81. The zero-order valence-corrected chi connectivity index (χ0v) is 25.7. The number of thioether (sulfide) groups is 2. The Morgan fingerprint density at radius 2 is 1.50 bits per heavy atom. The van der Waals surface area contributed by atoms with Crippen molar-refractivity contribution in [2.24, 2.45) is 0 Å². The van der Waals surface area contributed by atoms with Crippen LogP contribution in [0, 0.1) is 0 Å². The maximum Gasteiger partial charge on any atom is 0.367 e. The number of hydrogen-bond acceptors (Lipinski definition) is 9. The highest BCUT2D eigenvalue weighted by Crippen LogP contribution is 2.47. The normalized spacial score (nSPS) is 28.5. The molecule has 0 aromatic heterocycles. The van der Waals surface area contributed by atoms with Gasteiger partial charge in [0.1, 0.15) is 12.2 Å². The molecule has 0 spiro atoms. The van der Waals surface area contributed by atoms with Crippen LogP contribution in [0.25, 0.3) is 0 Å². The van der Waals surface area contributed by atoms with Crippen molar-refractivity contribution in [3.8, 4) is 0 Å². The molecule has 1 radical (unpaired) electrons. The molecule has 2 aliphatic heterocycles. The predicted octanol–water partition coefficient (Wildman–Crippen LogP) is 5.23. The summed E-state index contributed by atoms with van der Waals surface area (Å²) >= 11 is 2.05. The number of carbonyl (C=O) groups is 2. The van der Waals surface area contributed by atoms with E-state index in [1.54, 1.807) is 19.9 Å². The molecule has 195 valence electrons. The van der Waals surface area contributed by atoms with E-state index in [-0.39, 0.29) is 34.0 Å². The maximum atomic E-state index is 12.3. The van der Waals surface area contributed by atoms with Gasteiger partial charge in [-0.05, 0) is 46.4 Å². The van der Waals surface area contributed by atoms with Gasteiger partial charge >= 0.3 is 22.4 Å². The van der Waals surface area contributed by atoms with Gasteiger partial charge in [0.25, 0.3) is 12.7 Å². The van der Waals surface area contributed by atoms with E-state index in [0.717, 1.165) is 23.5 Å². The van der Waals surface area contributed by atoms with Crippen molar-refractivity contribution in [1.29, 1.82) is 0 Å². The molecule has 1 unspecified atom stereocenters. The van der Waals surface area contributed by atoms with Gasteiger partial charge in [-0.2, -0.15) is 0 Å². The van der Waals surface area contributed by atoms with E-state index in [9.17, 15) is 9.59 Å². The summed E-state index contributed by atoms with van der Waals surface area (Å²) in [6.07, 6.45) is 1.62. The van der Waals surface area contributed by atoms with E-state index >= 15 is 0 Å². The van der Waals surface area contributed by atoms with Crippen LogP contribution in [0.2, 0.25) is 22.2 Å². The summed E-state index contributed by atoms with van der Waals surface area (Å²) in [5.41, 5.74) is 0.698. The molecular formula is C21H41BNO7S2Si2. The molecule has 0 bridgehead atoms. The van der Waals surface area contributed by atoms with Crippen LogP contribution >= 0.6 is 23.5 Å². The Morgan fingerprint density at radius 3 is 1.97 bits per heavy atom. The van der Waals surface area contributed by atoms with E-state index < -0.39 is 46.7 Å². The number of rotatable bonds is 7. The zero-order valence-electron chi connectivity index (χ0n) is 22.1. The minimum atomic E-state index is -2.90. The Kier molecular flexibility index (Phi) is 11.1. The Bertz CT molecular complexity index is 701. The molecule has 13 heteroatoms. The summed E-state index contributed by atoms with van der Waals surface area (Å²) in [5.74, 6) is 0. The topological polar surface area (TPSA) is 92.3 Å². The number of ether oxygens (including phenoxy) is 2. The van der Waals surface area contributed by atoms with Crippen LogP contribution in [0.5, 0.6) is 0 Å². The summed E-state index contributed by atoms with van der Waals surface area (Å²) in [4.78, 5) is 24.2. The molecule has 2 aliphatic rings. The van der Waals surface area contributed by atoms with E-state index in [0.29, 0.717) is 0 Å². The van der Waals surface area contributed by atoms with E-state index in [2.05, 4.69) is 60.6 Å². The molecule has 0 aromatic rings. The van der Waals surface area contributed by atoms with Crippen molar-refractivity contribution in [2.75, 3.05) is 19.1 Å². The minimum Gasteiger partial charge on any atom is -0.449 e. The van der Waals surface area contributed by atoms with E-state index in [1.807, 2.05) is 0 Å². The first kappa shape index (κ1) is 30.2. The summed E-state index contributed by atoms with van der Waals surface area (Å²) in [6.45, 7) is 17.5. The average molecular weight is 551 g/mol. The Hall–Kier alpha value is -0.0213. The van der Waals surface area contributed by atoms with Crippen LogP contribution in [0.1, 0.15) is 55.4 Å². The van der Waals surface area contributed by atoms with Crippen molar-refractivity contribution in [3.05, 3.63) is 0 Å². The van der Waals surface area contributed by atoms with Crippen LogP contribution in [-0.4, -0.2) is 78.5 Å². The van der Waals surface area contributed by atoms with Gasteiger partial charge in [-0.3, -0.25) is 4.79 Å². The van der Waals surface area contributed by atoms with Crippen molar-refractivity contribution >= 4 is 58.6 Å². The standard InChI is InChI=1S/C21H41BNO7S2Si2/c1-12(2)33(13(3)4)26-11-16-17(29-34(30-33,14(5)6)15(7)8)18(28-21(25)32-10)19(27-16)22-23-20(24)31-9/h12-19H,11H2,1-10H3,(H,23,24)/t16-,17?,18+,19-/m1/s1. The first-order valence-electron chi connectivity index (χ1n) is 11.9. The van der Waals surface area contributed by atoms with Crippen molar-refractivity contribution in [2.45, 2.75) is 102 Å². The molecule has 0 aliphatic carbocycles. The summed E-state index contributed by atoms with van der Waals surface area (Å²) in [6, 6.07) is -0.663. The number of carbonyl (C=O) groups excluding carboxylic acids is 2. The van der Waals surface area contributed by atoms with Crippen LogP contribution < -0.4 is 5.23 Å². The SMILES string of the molecule is CSC(=O)N[B][C@@H]1O[C@@H]2CO[Si](C(C)C)(C(C)C)O[Si](C(C)C)(C(C)C)OC2[C@@H]1OC(=O)SC. The number of amides is 1. The van der Waals surface area contributed by atoms with Gasteiger partial charge in [0.05, 0.1) is 12.6 Å². The van der Waals surface area contributed by atoms with Crippen molar-refractivity contribution < 1.29 is 32.0 Å². The smallest absolute Gasteiger partial charge is 0.367 e. The van der Waals surface area contributed by atoms with Gasteiger partial charge in [0.2, 0.25) is 0 Å². The molecule has 1 amide bonds. The third-order valence-electron chi connectivity index (χ3n) is 6.63. The highest BCUT2D eigenvalue weighted by atomic mass is 32.2. The monoisotopic (exact) mass is 550 g/mol. The first-order chi connectivity index (χ1) is 15.8. The molecule has 2 fully saturated rings. The fourth-order valence-corrected chi connectivity index (χ4v) is 16.4. The number of fused-ring (bicyclic) bond motifs is 1. The predicted molar refractivity (Wildman–Crippen MR) is 144 cm³/mol. The lowest BCUT2D eigenvalue weighted by Gasteiger charge is -2.51. The minimum absolute atomic E-state index is 0.135. The first-order valence-corrected chi connectivity index (χ1v) is 18.3. The summed E-state index contributed by atoms with van der Waals surface area (Å²) in [7, 11) is -4.05. The van der Waals surface area contributed by atoms with Gasteiger partial charge in [-0.15, -0.1) is 0 Å². The van der Waals surface area contributed by atoms with Crippen LogP contribution in [0.4, 0.5) is 9.59 Å². The lowest BCUT2D eigenvalue weighted by atomic mass is 9.81. The van der Waals surface area contributed by atoms with Crippen LogP contribution in [0.15, 0.2) is 0 Å². The second-order valence-corrected chi connectivity index (χ2v) is 20.4. The van der Waals surface area contributed by atoms with Gasteiger partial charge in [-0.25, -0.2) is 4.79 Å². The third kappa shape index (κ3) is 6.27. The Morgan fingerprint density at radius 1 is 0.941 bits per heavy atom. The summed E-state index contributed by atoms with van der Waals surface area (Å²) in [5, 5.41) is 2.08. The molecule has 2 heterocycles. The summed E-state index contributed by atoms with van der Waals surface area (Å²) < 4.78 is 33.1. The number of hydrogen-bond donors (Lipinski definition) is 1.